The third-order valence-electron chi connectivity index (χ3n) is 4.63. The van der Waals surface area contributed by atoms with Crippen molar-refractivity contribution >= 4 is 27.6 Å². The molecule has 8 nitrogen and oxygen atoms in total. The summed E-state index contributed by atoms with van der Waals surface area (Å²) in [5, 5.41) is 0.669. The summed E-state index contributed by atoms with van der Waals surface area (Å²) in [6.45, 7) is 4.96. The van der Waals surface area contributed by atoms with Gasteiger partial charge in [-0.2, -0.15) is 4.37 Å². The van der Waals surface area contributed by atoms with E-state index in [0.29, 0.717) is 22.5 Å². The van der Waals surface area contributed by atoms with Gasteiger partial charge in [-0.15, -0.1) is 0 Å². The molecule has 1 aliphatic heterocycles. The molecule has 1 unspecified atom stereocenters. The molecule has 3 heterocycles. The Hall–Kier alpha value is -2.78. The molecule has 1 aliphatic rings. The molecule has 0 saturated carbocycles. The quantitative estimate of drug-likeness (QED) is 0.623. The average molecular weight is 387 g/mol. The first-order chi connectivity index (χ1) is 12.7. The maximum absolute atomic E-state index is 12.6. The first kappa shape index (κ1) is 17.6. The lowest BCUT2D eigenvalue weighted by Crippen LogP contribution is -2.38. The fraction of sp³-hybridized carbons (Fsp3) is 0.333. The summed E-state index contributed by atoms with van der Waals surface area (Å²) >= 11 is 1.23. The van der Waals surface area contributed by atoms with Crippen molar-refractivity contribution in [3.63, 3.8) is 0 Å². The predicted octanol–water partition coefficient (Wildman–Crippen LogP) is 1.80. The highest BCUT2D eigenvalue weighted by molar-refractivity contribution is 7.13. The zero-order valence-corrected chi connectivity index (χ0v) is 16.0. The Morgan fingerprint density at radius 2 is 1.93 bits per heavy atom. The number of benzene rings is 1. The molecule has 0 bridgehead atoms. The maximum Gasteiger partial charge on any atom is 0.340 e. The van der Waals surface area contributed by atoms with Crippen LogP contribution in [0.1, 0.15) is 31.5 Å². The third kappa shape index (κ3) is 2.70. The number of carbonyl (C=O) groups is 1. The van der Waals surface area contributed by atoms with Crippen LogP contribution in [0.5, 0.6) is 0 Å². The van der Waals surface area contributed by atoms with Crippen LogP contribution < -0.4 is 11.2 Å². The second-order valence-corrected chi connectivity index (χ2v) is 7.72. The first-order valence-electron chi connectivity index (χ1n) is 8.27. The molecule has 1 aromatic carbocycles. The van der Waals surface area contributed by atoms with Gasteiger partial charge in [0.1, 0.15) is 5.69 Å². The number of fused-ring (bicyclic) bond motifs is 1. The van der Waals surface area contributed by atoms with Crippen molar-refractivity contribution in [1.82, 2.24) is 13.5 Å². The number of hydrogen-bond donors (Lipinski definition) is 0. The van der Waals surface area contributed by atoms with E-state index in [1.165, 1.54) is 22.2 Å². The largest absolute Gasteiger partial charge is 0.427 e. The molecular formula is C18H17N3O5S. The van der Waals surface area contributed by atoms with Crippen molar-refractivity contribution in [2.75, 3.05) is 0 Å². The fourth-order valence-electron chi connectivity index (χ4n) is 2.92. The Morgan fingerprint density at radius 3 is 2.59 bits per heavy atom. The number of cyclic esters (lactones) is 1. The van der Waals surface area contributed by atoms with Crippen molar-refractivity contribution in [2.24, 2.45) is 7.05 Å². The van der Waals surface area contributed by atoms with E-state index < -0.39 is 29.1 Å². The van der Waals surface area contributed by atoms with Gasteiger partial charge in [-0.25, -0.2) is 14.2 Å². The lowest BCUT2D eigenvalue weighted by Gasteiger charge is -2.12. The van der Waals surface area contributed by atoms with Gasteiger partial charge in [0.05, 0.1) is 10.4 Å². The number of aryl methyl sites for hydroxylation is 1. The number of ether oxygens (including phenoxy) is 2. The molecule has 9 heteroatoms. The van der Waals surface area contributed by atoms with Crippen LogP contribution in [-0.4, -0.2) is 25.1 Å². The van der Waals surface area contributed by atoms with E-state index in [-0.39, 0.29) is 0 Å². The molecule has 0 spiro atoms. The molecule has 1 saturated heterocycles. The Morgan fingerprint density at radius 1 is 1.19 bits per heavy atom. The van der Waals surface area contributed by atoms with Crippen LogP contribution in [0.4, 0.5) is 0 Å². The standard InChI is InChI=1S/C18H17N3O5S/c1-9-7-13(22)21(17(24)20(9)4)10-5-6-12-11(8-10)14(19-27-12)15-25-16(23)18(2,3)26-15/h5-8,15H,1-4H3. The minimum Gasteiger partial charge on any atom is -0.427 e. The third-order valence-corrected chi connectivity index (χ3v) is 5.47. The second kappa shape index (κ2) is 5.86. The summed E-state index contributed by atoms with van der Waals surface area (Å²) in [7, 11) is 1.61. The predicted molar refractivity (Wildman–Crippen MR) is 99.2 cm³/mol. The van der Waals surface area contributed by atoms with Crippen LogP contribution in [0, 0.1) is 6.92 Å². The van der Waals surface area contributed by atoms with E-state index >= 15 is 0 Å². The summed E-state index contributed by atoms with van der Waals surface area (Å²) in [6.07, 6.45) is -0.922. The zero-order chi connectivity index (χ0) is 19.5. The molecule has 2 aromatic heterocycles. The van der Waals surface area contributed by atoms with Gasteiger partial charge in [0.2, 0.25) is 6.29 Å². The fourth-order valence-corrected chi connectivity index (χ4v) is 3.69. The highest BCUT2D eigenvalue weighted by atomic mass is 32.1. The maximum atomic E-state index is 12.6. The van der Waals surface area contributed by atoms with Gasteiger partial charge >= 0.3 is 11.7 Å². The summed E-state index contributed by atoms with van der Waals surface area (Å²) in [5.74, 6) is -0.464. The Balaban J connectivity index is 1.88. The zero-order valence-electron chi connectivity index (χ0n) is 15.2. The molecule has 1 atom stereocenters. The van der Waals surface area contributed by atoms with Gasteiger partial charge in [-0.05, 0) is 50.5 Å². The molecule has 0 radical (unpaired) electrons. The van der Waals surface area contributed by atoms with Gasteiger partial charge in [-0.3, -0.25) is 4.79 Å². The van der Waals surface area contributed by atoms with Crippen LogP contribution in [0.3, 0.4) is 0 Å². The van der Waals surface area contributed by atoms with Crippen LogP contribution in [0.25, 0.3) is 15.8 Å². The number of aromatic nitrogens is 3. The van der Waals surface area contributed by atoms with E-state index in [2.05, 4.69) is 4.37 Å². The lowest BCUT2D eigenvalue weighted by atomic mass is 10.1. The van der Waals surface area contributed by atoms with Crippen LogP contribution in [-0.2, 0) is 21.3 Å². The molecule has 3 aromatic rings. The van der Waals surface area contributed by atoms with Gasteiger partial charge in [0, 0.05) is 24.2 Å². The summed E-state index contributed by atoms with van der Waals surface area (Å²) in [6, 6.07) is 6.56. The summed E-state index contributed by atoms with van der Waals surface area (Å²) in [4.78, 5) is 36.9. The minimum atomic E-state index is -1.05. The van der Waals surface area contributed by atoms with Crippen molar-refractivity contribution in [3.8, 4) is 5.69 Å². The van der Waals surface area contributed by atoms with Crippen molar-refractivity contribution in [2.45, 2.75) is 32.7 Å². The van der Waals surface area contributed by atoms with E-state index in [0.717, 1.165) is 9.27 Å². The molecule has 27 heavy (non-hydrogen) atoms. The Labute approximate surface area is 157 Å². The van der Waals surface area contributed by atoms with E-state index in [9.17, 15) is 14.4 Å². The highest BCUT2D eigenvalue weighted by Crippen LogP contribution is 2.38. The lowest BCUT2D eigenvalue weighted by molar-refractivity contribution is -0.145. The molecule has 4 rings (SSSR count). The molecule has 0 amide bonds. The van der Waals surface area contributed by atoms with E-state index in [4.69, 9.17) is 9.47 Å². The number of carbonyl (C=O) groups excluding carboxylic acids is 1. The van der Waals surface area contributed by atoms with Crippen molar-refractivity contribution in [1.29, 1.82) is 0 Å². The SMILES string of the molecule is Cc1cc(=O)n(-c2ccc3snc(C4OC(=O)C(C)(C)O4)c3c2)c(=O)n1C. The van der Waals surface area contributed by atoms with Gasteiger partial charge < -0.3 is 14.0 Å². The average Bonchev–Trinajstić information content (AvgIpc) is 3.13. The van der Waals surface area contributed by atoms with Crippen LogP contribution >= 0.6 is 11.5 Å². The second-order valence-electron chi connectivity index (χ2n) is 6.91. The molecule has 140 valence electrons. The smallest absolute Gasteiger partial charge is 0.340 e. The number of rotatable bonds is 2. The number of esters is 1. The van der Waals surface area contributed by atoms with E-state index in [1.54, 1.807) is 46.0 Å². The van der Waals surface area contributed by atoms with Crippen LogP contribution in [0.2, 0.25) is 0 Å². The normalized spacial score (nSPS) is 18.8. The van der Waals surface area contributed by atoms with Crippen molar-refractivity contribution in [3.05, 3.63) is 56.5 Å². The molecule has 1 fully saturated rings. The van der Waals surface area contributed by atoms with Gasteiger partial charge in [0.15, 0.2) is 5.60 Å². The number of nitrogens with zero attached hydrogens (tertiary/aromatic N) is 3. The molecule has 0 aliphatic carbocycles. The topological polar surface area (TPSA) is 92.4 Å². The van der Waals surface area contributed by atoms with E-state index in [1.807, 2.05) is 0 Å². The van der Waals surface area contributed by atoms with Crippen molar-refractivity contribution < 1.29 is 14.3 Å². The Bertz CT molecular complexity index is 1200. The first-order valence-corrected chi connectivity index (χ1v) is 9.05. The molecular weight excluding hydrogens is 370 g/mol. The minimum absolute atomic E-state index is 0.413. The number of hydrogen-bond acceptors (Lipinski definition) is 7. The molecule has 0 N–H and O–H groups in total. The summed E-state index contributed by atoms with van der Waals surface area (Å²) < 4.78 is 18.7. The van der Waals surface area contributed by atoms with Crippen LogP contribution in [0.15, 0.2) is 33.9 Å². The Kier molecular flexibility index (Phi) is 3.83. The summed E-state index contributed by atoms with van der Waals surface area (Å²) in [5.41, 5.74) is -0.458. The highest BCUT2D eigenvalue weighted by Gasteiger charge is 2.44. The monoisotopic (exact) mass is 387 g/mol. The van der Waals surface area contributed by atoms with Gasteiger partial charge in [0.25, 0.3) is 5.56 Å². The van der Waals surface area contributed by atoms with Gasteiger partial charge in [-0.1, -0.05) is 0 Å².